The molecule has 3 atom stereocenters. The van der Waals surface area contributed by atoms with Crippen molar-refractivity contribution >= 4 is 34.8 Å². The Morgan fingerprint density at radius 3 is 2.43 bits per heavy atom. The molecule has 250 valence electrons. The van der Waals surface area contributed by atoms with Gasteiger partial charge in [0, 0.05) is 50.2 Å². The molecule has 1 fully saturated rings. The molecule has 0 unspecified atom stereocenters. The van der Waals surface area contributed by atoms with Crippen LogP contribution in [-0.4, -0.2) is 84.7 Å². The maximum atomic E-state index is 13.8. The lowest BCUT2D eigenvalue weighted by molar-refractivity contribution is -0.122. The highest BCUT2D eigenvalue weighted by Gasteiger charge is 2.35. The van der Waals surface area contributed by atoms with Crippen molar-refractivity contribution in [2.75, 3.05) is 56.3 Å². The maximum absolute atomic E-state index is 13.8. The fourth-order valence-electron chi connectivity index (χ4n) is 6.00. The van der Waals surface area contributed by atoms with Crippen molar-refractivity contribution < 1.29 is 29.0 Å². The normalized spacial score (nSPS) is 19.3. The maximum Gasteiger partial charge on any atom is 0.258 e. The molecule has 5 rings (SSSR count). The molecule has 0 spiro atoms. The number of carbonyl (C=O) groups is 3. The van der Waals surface area contributed by atoms with Gasteiger partial charge in [-0.3, -0.25) is 19.3 Å². The molecular weight excluding hydrogens is 598 g/mol. The zero-order valence-electron chi connectivity index (χ0n) is 27.3. The van der Waals surface area contributed by atoms with Crippen LogP contribution in [0.4, 0.5) is 17.1 Å². The second-order valence-electron chi connectivity index (χ2n) is 12.6. The molecule has 3 amide bonds. The lowest BCUT2D eigenvalue weighted by Crippen LogP contribution is -2.49. The topological polar surface area (TPSA) is 146 Å². The number of amides is 3. The number of nitrogen functional groups attached to an aromatic ring is 1. The van der Waals surface area contributed by atoms with Crippen molar-refractivity contribution in [3.63, 3.8) is 0 Å². The van der Waals surface area contributed by atoms with Gasteiger partial charge in [0.15, 0.2) is 5.75 Å². The van der Waals surface area contributed by atoms with E-state index in [1.807, 2.05) is 45.2 Å². The van der Waals surface area contributed by atoms with E-state index < -0.39 is 6.04 Å². The lowest BCUT2D eigenvalue weighted by atomic mass is 9.98. The van der Waals surface area contributed by atoms with Crippen LogP contribution < -0.4 is 21.1 Å². The third-order valence-corrected chi connectivity index (χ3v) is 8.91. The molecule has 5 N–H and O–H groups in total. The summed E-state index contributed by atoms with van der Waals surface area (Å²) in [5.41, 5.74) is 9.37. The van der Waals surface area contributed by atoms with Crippen LogP contribution in [0.5, 0.6) is 5.75 Å². The van der Waals surface area contributed by atoms with E-state index in [-0.39, 0.29) is 42.3 Å². The van der Waals surface area contributed by atoms with Crippen LogP contribution >= 0.6 is 0 Å². The Balaban J connectivity index is 1.32. The van der Waals surface area contributed by atoms with Crippen molar-refractivity contribution in [3.05, 3.63) is 83.4 Å². The molecule has 0 aromatic heterocycles. The van der Waals surface area contributed by atoms with Crippen molar-refractivity contribution in [1.82, 2.24) is 9.80 Å². The Labute approximate surface area is 276 Å². The molecule has 47 heavy (non-hydrogen) atoms. The van der Waals surface area contributed by atoms with Gasteiger partial charge in [0.25, 0.3) is 11.8 Å². The van der Waals surface area contributed by atoms with E-state index in [4.69, 9.17) is 15.2 Å². The van der Waals surface area contributed by atoms with Crippen LogP contribution in [0.1, 0.15) is 53.0 Å². The Kier molecular flexibility index (Phi) is 11.1. The number of benzene rings is 3. The average molecular weight is 644 g/mol. The number of nitrogens with one attached hydrogen (secondary N) is 2. The summed E-state index contributed by atoms with van der Waals surface area (Å²) in [7, 11) is 1.99. The molecule has 0 saturated carbocycles. The number of hydrogen-bond acceptors (Lipinski definition) is 8. The minimum atomic E-state index is -0.399. The van der Waals surface area contributed by atoms with Gasteiger partial charge in [0.05, 0.1) is 35.3 Å². The average Bonchev–Trinajstić information content (AvgIpc) is 3.08. The molecule has 0 bridgehead atoms. The Bertz CT molecular complexity index is 1560. The number of anilines is 3. The van der Waals surface area contributed by atoms with Crippen molar-refractivity contribution in [1.29, 1.82) is 0 Å². The van der Waals surface area contributed by atoms with Crippen LogP contribution in [0.2, 0.25) is 0 Å². The van der Waals surface area contributed by atoms with Crippen LogP contribution in [0, 0.1) is 11.8 Å². The minimum Gasteiger partial charge on any atom is -0.486 e. The van der Waals surface area contributed by atoms with E-state index in [0.717, 1.165) is 5.56 Å². The highest BCUT2D eigenvalue weighted by Crippen LogP contribution is 2.35. The molecule has 2 heterocycles. The minimum absolute atomic E-state index is 0.0979. The number of hydrogen-bond donors (Lipinski definition) is 4. The summed E-state index contributed by atoms with van der Waals surface area (Å²) in [6.07, 6.45) is 0.934. The largest absolute Gasteiger partial charge is 0.486 e. The summed E-state index contributed by atoms with van der Waals surface area (Å²) in [5, 5.41) is 15.9. The van der Waals surface area contributed by atoms with Gasteiger partial charge in [-0.25, -0.2) is 0 Å². The molecule has 2 aliphatic rings. The van der Waals surface area contributed by atoms with Crippen LogP contribution in [0.25, 0.3) is 0 Å². The number of nitrogens with two attached hydrogens (primary N) is 1. The summed E-state index contributed by atoms with van der Waals surface area (Å²) >= 11 is 0. The smallest absolute Gasteiger partial charge is 0.258 e. The van der Waals surface area contributed by atoms with Crippen LogP contribution in [-0.2, 0) is 16.1 Å². The van der Waals surface area contributed by atoms with E-state index in [0.29, 0.717) is 79.6 Å². The van der Waals surface area contributed by atoms with Gasteiger partial charge in [-0.1, -0.05) is 37.3 Å². The summed E-state index contributed by atoms with van der Waals surface area (Å²) < 4.78 is 12.1. The molecular formula is C36H45N5O6. The number of rotatable bonds is 10. The van der Waals surface area contributed by atoms with Gasteiger partial charge in [0.2, 0.25) is 5.91 Å². The Morgan fingerprint density at radius 1 is 1.02 bits per heavy atom. The summed E-state index contributed by atoms with van der Waals surface area (Å²) in [4.78, 5) is 43.6. The number of nitrogens with zero attached hydrogens (tertiary/aromatic N) is 2. The fourth-order valence-corrected chi connectivity index (χ4v) is 6.00. The van der Waals surface area contributed by atoms with E-state index in [2.05, 4.69) is 15.5 Å². The lowest BCUT2D eigenvalue weighted by Gasteiger charge is -2.38. The van der Waals surface area contributed by atoms with Gasteiger partial charge in [-0.2, -0.15) is 0 Å². The number of carbonyl (C=O) groups excluding carboxylic acids is 3. The van der Waals surface area contributed by atoms with E-state index in [1.165, 1.54) is 0 Å². The van der Waals surface area contributed by atoms with Crippen LogP contribution in [0.15, 0.2) is 66.7 Å². The molecule has 0 radical (unpaired) electrons. The van der Waals surface area contributed by atoms with Gasteiger partial charge in [-0.05, 0) is 68.8 Å². The predicted molar refractivity (Wildman–Crippen MR) is 181 cm³/mol. The Hall–Kier alpha value is -4.45. The van der Waals surface area contributed by atoms with Crippen molar-refractivity contribution in [2.24, 2.45) is 11.8 Å². The second kappa shape index (κ2) is 15.4. The molecule has 3 aromatic carbocycles. The van der Waals surface area contributed by atoms with E-state index >= 15 is 0 Å². The number of aliphatic hydroxyl groups is 1. The van der Waals surface area contributed by atoms with E-state index in [1.54, 1.807) is 47.4 Å². The summed E-state index contributed by atoms with van der Waals surface area (Å²) in [5.74, 6) is -0.543. The third-order valence-electron chi connectivity index (χ3n) is 8.91. The fraction of sp³-hybridized carbons (Fsp3) is 0.417. The Morgan fingerprint density at radius 2 is 1.72 bits per heavy atom. The number of para-hydroxylation sites is 3. The van der Waals surface area contributed by atoms with Crippen molar-refractivity contribution in [3.8, 4) is 5.75 Å². The standard InChI is InChI=1S/C36H45N5O6/c1-23-19-41(24(2)22-42)36(45)28-7-6-10-31(39-35(44)27-15-17-46-18-16-27)33(28)47-32(23)21-40(3)20-25-11-13-26(14-12-25)34(43)38-30-9-5-4-8-29(30)37/h4-14,23-24,27,32,42H,15-22,37H2,1-3H3,(H,38,43)(H,39,44)/t23-,24+,32-/m0/s1. The summed E-state index contributed by atoms with van der Waals surface area (Å²) in [6.45, 7) is 6.27. The van der Waals surface area contributed by atoms with Crippen LogP contribution in [0.3, 0.4) is 0 Å². The van der Waals surface area contributed by atoms with Gasteiger partial charge in [0.1, 0.15) is 6.10 Å². The highest BCUT2D eigenvalue weighted by molar-refractivity contribution is 6.05. The first-order valence-corrected chi connectivity index (χ1v) is 16.2. The molecule has 2 aliphatic heterocycles. The van der Waals surface area contributed by atoms with Gasteiger partial charge >= 0.3 is 0 Å². The second-order valence-corrected chi connectivity index (χ2v) is 12.6. The first kappa shape index (κ1) is 33.9. The molecule has 11 nitrogen and oxygen atoms in total. The SMILES string of the molecule is C[C@H](CO)N1C[C@H](C)[C@H](CN(C)Cc2ccc(C(=O)Nc3ccccc3N)cc2)Oc2c(NC(=O)C3CCOCC3)cccc2C1=O. The van der Waals surface area contributed by atoms with Gasteiger partial charge < -0.3 is 35.8 Å². The highest BCUT2D eigenvalue weighted by atomic mass is 16.5. The molecule has 11 heteroatoms. The number of likely N-dealkylation sites (N-methyl/N-ethyl adjacent to an activating group) is 1. The molecule has 1 saturated heterocycles. The monoisotopic (exact) mass is 643 g/mol. The van der Waals surface area contributed by atoms with Gasteiger partial charge in [-0.15, -0.1) is 0 Å². The number of aliphatic hydroxyl groups excluding tert-OH is 1. The zero-order chi connectivity index (χ0) is 33.5. The number of ether oxygens (including phenoxy) is 2. The van der Waals surface area contributed by atoms with E-state index in [9.17, 15) is 19.5 Å². The molecule has 3 aromatic rings. The quantitative estimate of drug-likeness (QED) is 0.240. The first-order valence-electron chi connectivity index (χ1n) is 16.2. The predicted octanol–water partition coefficient (Wildman–Crippen LogP) is 4.24. The third kappa shape index (κ3) is 8.29. The number of fused-ring (bicyclic) bond motifs is 1. The molecule has 0 aliphatic carbocycles. The van der Waals surface area contributed by atoms with Crippen molar-refractivity contribution in [2.45, 2.75) is 45.4 Å². The summed E-state index contributed by atoms with van der Waals surface area (Å²) in [6, 6.07) is 19.4. The first-order chi connectivity index (χ1) is 22.6. The zero-order valence-corrected chi connectivity index (χ0v) is 27.3.